The van der Waals surface area contributed by atoms with Gasteiger partial charge in [0.2, 0.25) is 0 Å². The molecule has 0 aromatic carbocycles. The zero-order chi connectivity index (χ0) is 19.4. The van der Waals surface area contributed by atoms with Gasteiger partial charge in [0.1, 0.15) is 0 Å². The first-order chi connectivity index (χ1) is 12.4. The molecule has 4 heteroatoms. The average Bonchev–Trinajstić information content (AvgIpc) is 2.92. The summed E-state index contributed by atoms with van der Waals surface area (Å²) in [4.78, 5) is 22.5. The van der Waals surface area contributed by atoms with Crippen molar-refractivity contribution < 1.29 is 19.8 Å². The van der Waals surface area contributed by atoms with E-state index in [0.717, 1.165) is 38.5 Å². The van der Waals surface area contributed by atoms with Gasteiger partial charge in [0.05, 0.1) is 5.60 Å². The monoisotopic (exact) mass is 362 g/mol. The van der Waals surface area contributed by atoms with E-state index in [1.165, 1.54) is 0 Å². The van der Waals surface area contributed by atoms with E-state index in [1.807, 2.05) is 37.3 Å². The van der Waals surface area contributed by atoms with Gasteiger partial charge in [-0.15, -0.1) is 0 Å². The molecule has 0 amide bonds. The van der Waals surface area contributed by atoms with E-state index < -0.39 is 11.6 Å². The van der Waals surface area contributed by atoms with Crippen LogP contribution in [0.4, 0.5) is 0 Å². The van der Waals surface area contributed by atoms with Gasteiger partial charge in [-0.05, 0) is 45.1 Å². The van der Waals surface area contributed by atoms with E-state index >= 15 is 0 Å². The van der Waals surface area contributed by atoms with Crippen LogP contribution in [-0.2, 0) is 9.59 Å². The number of allylic oxidation sites excluding steroid dienone is 5. The van der Waals surface area contributed by atoms with Crippen molar-refractivity contribution in [2.24, 2.45) is 11.8 Å². The van der Waals surface area contributed by atoms with Crippen LogP contribution < -0.4 is 0 Å². The summed E-state index contributed by atoms with van der Waals surface area (Å²) in [5, 5.41) is 19.0. The maximum Gasteiger partial charge on any atom is 0.303 e. The van der Waals surface area contributed by atoms with Gasteiger partial charge in [-0.2, -0.15) is 0 Å². The highest BCUT2D eigenvalue weighted by atomic mass is 16.4. The second-order valence-corrected chi connectivity index (χ2v) is 7.47. The maximum absolute atomic E-state index is 12.1. The number of ketones is 1. The fourth-order valence-corrected chi connectivity index (χ4v) is 3.16. The Morgan fingerprint density at radius 2 is 2.00 bits per heavy atom. The zero-order valence-electron chi connectivity index (χ0n) is 16.2. The average molecular weight is 363 g/mol. The summed E-state index contributed by atoms with van der Waals surface area (Å²) >= 11 is 0. The van der Waals surface area contributed by atoms with Crippen LogP contribution in [0.25, 0.3) is 0 Å². The summed E-state index contributed by atoms with van der Waals surface area (Å²) in [5.74, 6) is -0.664. The second-order valence-electron chi connectivity index (χ2n) is 7.47. The van der Waals surface area contributed by atoms with Crippen LogP contribution >= 0.6 is 0 Å². The summed E-state index contributed by atoms with van der Waals surface area (Å²) in [6, 6.07) is 0. The molecule has 0 heterocycles. The number of aliphatic hydroxyl groups is 1. The fraction of sp³-hybridized carbons (Fsp3) is 0.636. The van der Waals surface area contributed by atoms with Gasteiger partial charge in [-0.1, -0.05) is 56.6 Å². The number of rotatable bonds is 13. The van der Waals surface area contributed by atoms with Crippen molar-refractivity contribution in [2.45, 2.75) is 77.2 Å². The third kappa shape index (κ3) is 9.14. The Kier molecular flexibility index (Phi) is 10.2. The molecular formula is C22H34O4. The molecular weight excluding hydrogens is 328 g/mol. The Balaban J connectivity index is 2.43. The van der Waals surface area contributed by atoms with Crippen molar-refractivity contribution >= 4 is 11.8 Å². The largest absolute Gasteiger partial charge is 0.481 e. The molecule has 3 unspecified atom stereocenters. The summed E-state index contributed by atoms with van der Waals surface area (Å²) < 4.78 is 0. The van der Waals surface area contributed by atoms with Crippen LogP contribution in [0.1, 0.15) is 71.6 Å². The Hall–Kier alpha value is -1.68. The van der Waals surface area contributed by atoms with Crippen LogP contribution in [0.5, 0.6) is 0 Å². The molecule has 0 bridgehead atoms. The third-order valence-corrected chi connectivity index (χ3v) is 4.84. The highest BCUT2D eigenvalue weighted by Crippen LogP contribution is 2.28. The first-order valence-electron chi connectivity index (χ1n) is 9.86. The molecule has 1 rings (SSSR count). The van der Waals surface area contributed by atoms with Gasteiger partial charge in [0.15, 0.2) is 5.78 Å². The van der Waals surface area contributed by atoms with E-state index in [0.29, 0.717) is 12.8 Å². The molecule has 3 atom stereocenters. The van der Waals surface area contributed by atoms with Crippen LogP contribution in [0, 0.1) is 11.8 Å². The molecule has 0 saturated heterocycles. The molecule has 0 radical (unpaired) electrons. The zero-order valence-corrected chi connectivity index (χ0v) is 16.2. The van der Waals surface area contributed by atoms with E-state index in [4.69, 9.17) is 5.11 Å². The van der Waals surface area contributed by atoms with E-state index in [2.05, 4.69) is 6.92 Å². The molecule has 26 heavy (non-hydrogen) atoms. The first-order valence-corrected chi connectivity index (χ1v) is 9.86. The lowest BCUT2D eigenvalue weighted by molar-refractivity contribution is -0.137. The number of hydrogen-bond donors (Lipinski definition) is 2. The van der Waals surface area contributed by atoms with Gasteiger partial charge in [-0.3, -0.25) is 9.59 Å². The fourth-order valence-electron chi connectivity index (χ4n) is 3.16. The lowest BCUT2D eigenvalue weighted by Crippen LogP contribution is -2.21. The summed E-state index contributed by atoms with van der Waals surface area (Å²) in [6.07, 6.45) is 18.7. The predicted molar refractivity (Wildman–Crippen MR) is 105 cm³/mol. The SMILES string of the molecule is CCCCCC(C)(O)C=CC1C=CC(=O)C1CC=CCCCCC(=O)O. The minimum Gasteiger partial charge on any atom is -0.481 e. The highest BCUT2D eigenvalue weighted by molar-refractivity contribution is 5.95. The Morgan fingerprint density at radius 3 is 2.69 bits per heavy atom. The van der Waals surface area contributed by atoms with Gasteiger partial charge >= 0.3 is 5.97 Å². The molecule has 0 saturated carbocycles. The van der Waals surface area contributed by atoms with E-state index in [-0.39, 0.29) is 24.0 Å². The Bertz CT molecular complexity index is 528. The third-order valence-electron chi connectivity index (χ3n) is 4.84. The molecule has 4 nitrogen and oxygen atoms in total. The summed E-state index contributed by atoms with van der Waals surface area (Å²) in [5.41, 5.74) is -0.820. The van der Waals surface area contributed by atoms with Crippen molar-refractivity contribution in [3.63, 3.8) is 0 Å². The molecule has 1 aliphatic carbocycles. The number of carboxylic acid groups (broad SMARTS) is 1. The number of unbranched alkanes of at least 4 members (excludes halogenated alkanes) is 4. The van der Waals surface area contributed by atoms with Crippen LogP contribution in [-0.4, -0.2) is 27.6 Å². The Labute approximate surface area is 157 Å². The molecule has 0 aliphatic heterocycles. The van der Waals surface area contributed by atoms with Crippen molar-refractivity contribution in [2.75, 3.05) is 0 Å². The number of carbonyl (C=O) groups excluding carboxylic acids is 1. The van der Waals surface area contributed by atoms with Crippen LogP contribution in [0.2, 0.25) is 0 Å². The quantitative estimate of drug-likeness (QED) is 0.363. The topological polar surface area (TPSA) is 74.6 Å². The van der Waals surface area contributed by atoms with E-state index in [1.54, 1.807) is 6.08 Å². The second kappa shape index (κ2) is 11.8. The number of carboxylic acids is 1. The van der Waals surface area contributed by atoms with Crippen LogP contribution in [0.3, 0.4) is 0 Å². The summed E-state index contributed by atoms with van der Waals surface area (Å²) in [6.45, 7) is 3.97. The minimum absolute atomic E-state index is 0.0387. The summed E-state index contributed by atoms with van der Waals surface area (Å²) in [7, 11) is 0. The highest BCUT2D eigenvalue weighted by Gasteiger charge is 2.28. The first kappa shape index (κ1) is 22.4. The van der Waals surface area contributed by atoms with Crippen molar-refractivity contribution in [1.82, 2.24) is 0 Å². The number of aliphatic carboxylic acids is 1. The standard InChI is InChI=1S/C22H34O4/c1-3-4-10-16-22(2,26)17-15-18-13-14-20(23)19(18)11-8-6-5-7-9-12-21(24)25/h6,8,13-15,17-19,26H,3-5,7,9-12,16H2,1-2H3,(H,24,25). The van der Waals surface area contributed by atoms with Crippen molar-refractivity contribution in [3.05, 3.63) is 36.5 Å². The number of carbonyl (C=O) groups is 2. The minimum atomic E-state index is -0.820. The van der Waals surface area contributed by atoms with Crippen LogP contribution in [0.15, 0.2) is 36.5 Å². The van der Waals surface area contributed by atoms with E-state index in [9.17, 15) is 14.7 Å². The Morgan fingerprint density at radius 1 is 1.23 bits per heavy atom. The number of hydrogen-bond acceptors (Lipinski definition) is 3. The predicted octanol–water partition coefficient (Wildman–Crippen LogP) is 4.84. The molecule has 0 aromatic rings. The molecule has 0 aromatic heterocycles. The molecule has 0 spiro atoms. The van der Waals surface area contributed by atoms with Gasteiger partial charge in [0, 0.05) is 18.3 Å². The molecule has 0 fully saturated rings. The molecule has 146 valence electrons. The molecule has 1 aliphatic rings. The lowest BCUT2D eigenvalue weighted by atomic mass is 9.88. The van der Waals surface area contributed by atoms with Gasteiger partial charge in [-0.25, -0.2) is 0 Å². The van der Waals surface area contributed by atoms with Crippen molar-refractivity contribution in [1.29, 1.82) is 0 Å². The normalized spacial score (nSPS) is 22.5. The smallest absolute Gasteiger partial charge is 0.303 e. The van der Waals surface area contributed by atoms with Gasteiger partial charge < -0.3 is 10.2 Å². The maximum atomic E-state index is 12.1. The van der Waals surface area contributed by atoms with Gasteiger partial charge in [0.25, 0.3) is 0 Å². The molecule has 2 N–H and O–H groups in total. The lowest BCUT2D eigenvalue weighted by Gasteiger charge is -2.20. The van der Waals surface area contributed by atoms with Crippen molar-refractivity contribution in [3.8, 4) is 0 Å².